The Kier molecular flexibility index (Phi) is 9.91. The maximum Gasteiger partial charge on any atom is 0.501 e. The summed E-state index contributed by atoms with van der Waals surface area (Å²) in [6.07, 6.45) is 0. The van der Waals surface area contributed by atoms with Crippen LogP contribution in [0.1, 0.15) is 27.7 Å². The van der Waals surface area contributed by atoms with Gasteiger partial charge in [0.15, 0.2) is 0 Å². The quantitative estimate of drug-likeness (QED) is 0.531. The van der Waals surface area contributed by atoms with E-state index in [0.717, 1.165) is 6.04 Å². The summed E-state index contributed by atoms with van der Waals surface area (Å²) in [5.74, 6) is 1.76. The fourth-order valence-electron chi connectivity index (χ4n) is 1.84. The summed E-state index contributed by atoms with van der Waals surface area (Å²) >= 11 is 2.13. The molecule has 0 aliphatic carbocycles. The predicted molar refractivity (Wildman–Crippen MR) is 90.4 cm³/mol. The molecule has 116 valence electrons. The second kappa shape index (κ2) is 9.57. The van der Waals surface area contributed by atoms with Crippen LogP contribution < -0.4 is 0 Å². The third-order valence-electron chi connectivity index (χ3n) is 2.49. The summed E-state index contributed by atoms with van der Waals surface area (Å²) in [4.78, 5) is 0. The maximum atomic E-state index is 5.91. The highest BCUT2D eigenvalue weighted by Gasteiger charge is 2.41. The standard InChI is InChI=1S/C13H32O3SSi2/c1-8-14-19(15-9-2,16-10-3)12-13(4)11-17-18(5,6)7/h13H,8-12H2,1-7H3. The summed E-state index contributed by atoms with van der Waals surface area (Å²) in [5.41, 5.74) is 0. The molecule has 0 saturated carbocycles. The Balaban J connectivity index is 4.51. The normalized spacial score (nSPS) is 14.7. The summed E-state index contributed by atoms with van der Waals surface area (Å²) < 4.78 is 17.7. The van der Waals surface area contributed by atoms with Crippen LogP contribution >= 0.6 is 11.2 Å². The van der Waals surface area contributed by atoms with Crippen molar-refractivity contribution in [3.05, 3.63) is 0 Å². The molecule has 6 heteroatoms. The number of hydrogen-bond acceptors (Lipinski definition) is 4. The van der Waals surface area contributed by atoms with E-state index in [1.165, 1.54) is 5.75 Å². The molecule has 19 heavy (non-hydrogen) atoms. The van der Waals surface area contributed by atoms with Gasteiger partial charge in [0, 0.05) is 25.9 Å². The topological polar surface area (TPSA) is 27.7 Å². The molecule has 0 aliphatic rings. The number of rotatable bonds is 11. The molecule has 0 aliphatic heterocycles. The Hall–Kier alpha value is 0.664. The molecule has 0 spiro atoms. The van der Waals surface area contributed by atoms with Crippen molar-refractivity contribution in [3.8, 4) is 0 Å². The molecule has 3 nitrogen and oxygen atoms in total. The van der Waals surface area contributed by atoms with Gasteiger partial charge in [-0.2, -0.15) is 11.2 Å². The lowest BCUT2D eigenvalue weighted by atomic mass is 10.3. The minimum Gasteiger partial charge on any atom is -0.374 e. The summed E-state index contributed by atoms with van der Waals surface area (Å²) in [6.45, 7) is 17.5. The molecule has 1 unspecified atom stereocenters. The molecule has 0 amide bonds. The van der Waals surface area contributed by atoms with E-state index in [-0.39, 0.29) is 0 Å². The van der Waals surface area contributed by atoms with Crippen molar-refractivity contribution in [2.75, 3.05) is 25.6 Å². The van der Waals surface area contributed by atoms with E-state index in [2.05, 4.69) is 37.8 Å². The summed E-state index contributed by atoms with van der Waals surface area (Å²) in [6, 6.07) is 0.931. The van der Waals surface area contributed by atoms with Crippen LogP contribution in [0, 0.1) is 5.92 Å². The molecular weight excluding hydrogens is 292 g/mol. The van der Waals surface area contributed by atoms with Crippen LogP contribution in [0.5, 0.6) is 0 Å². The lowest BCUT2D eigenvalue weighted by Gasteiger charge is -2.31. The molecular formula is C13H32O3SSi2. The van der Waals surface area contributed by atoms with E-state index in [0.29, 0.717) is 25.7 Å². The van der Waals surface area contributed by atoms with E-state index >= 15 is 0 Å². The van der Waals surface area contributed by atoms with E-state index in [4.69, 9.17) is 13.3 Å². The molecule has 0 fully saturated rings. The molecule has 0 radical (unpaired) electrons. The average Bonchev–Trinajstić information content (AvgIpc) is 2.26. The Labute approximate surface area is 125 Å². The first-order valence-corrected chi connectivity index (χ1v) is 14.5. The van der Waals surface area contributed by atoms with Gasteiger partial charge in [-0.3, -0.25) is 0 Å². The first kappa shape index (κ1) is 19.7. The Morgan fingerprint density at radius 1 is 0.895 bits per heavy atom. The monoisotopic (exact) mass is 324 g/mol. The molecule has 1 atom stereocenters. The van der Waals surface area contributed by atoms with Crippen molar-refractivity contribution in [3.63, 3.8) is 0 Å². The lowest BCUT2D eigenvalue weighted by Crippen LogP contribution is -2.47. The highest BCUT2D eigenvalue weighted by molar-refractivity contribution is 8.28. The fraction of sp³-hybridized carbons (Fsp3) is 1.00. The molecule has 0 aromatic carbocycles. The summed E-state index contributed by atoms with van der Waals surface area (Å²) in [5, 5.41) is 0. The van der Waals surface area contributed by atoms with Gasteiger partial charge in [0.2, 0.25) is 0 Å². The van der Waals surface area contributed by atoms with E-state index in [1.807, 2.05) is 20.8 Å². The second-order valence-corrected chi connectivity index (χ2v) is 17.7. The highest BCUT2D eigenvalue weighted by Crippen LogP contribution is 2.28. The SMILES string of the molecule is CCO[Si](CC(C)CS[Si](C)(C)C)(OCC)OCC. The smallest absolute Gasteiger partial charge is 0.374 e. The average molecular weight is 325 g/mol. The zero-order chi connectivity index (χ0) is 14.9. The van der Waals surface area contributed by atoms with Crippen molar-refractivity contribution in [1.82, 2.24) is 0 Å². The fourth-order valence-corrected chi connectivity index (χ4v) is 8.23. The second-order valence-electron chi connectivity index (χ2n) is 5.71. The van der Waals surface area contributed by atoms with Gasteiger partial charge in [0.05, 0.1) is 0 Å². The molecule has 0 rings (SSSR count). The van der Waals surface area contributed by atoms with Crippen molar-refractivity contribution in [2.45, 2.75) is 53.4 Å². The first-order valence-electron chi connectivity index (χ1n) is 7.34. The van der Waals surface area contributed by atoms with Crippen LogP contribution in [-0.2, 0) is 13.3 Å². The van der Waals surface area contributed by atoms with Crippen molar-refractivity contribution >= 4 is 27.2 Å². The van der Waals surface area contributed by atoms with Gasteiger partial charge >= 0.3 is 8.80 Å². The third kappa shape index (κ3) is 9.26. The van der Waals surface area contributed by atoms with E-state index in [9.17, 15) is 0 Å². The molecule has 0 bridgehead atoms. The van der Waals surface area contributed by atoms with Crippen LogP contribution in [0.4, 0.5) is 0 Å². The van der Waals surface area contributed by atoms with Crippen molar-refractivity contribution in [2.24, 2.45) is 5.92 Å². The lowest BCUT2D eigenvalue weighted by molar-refractivity contribution is 0.0684. The molecule has 0 aromatic rings. The van der Waals surface area contributed by atoms with Gasteiger partial charge in [-0.25, -0.2) is 0 Å². The van der Waals surface area contributed by atoms with Crippen molar-refractivity contribution < 1.29 is 13.3 Å². The van der Waals surface area contributed by atoms with Crippen molar-refractivity contribution in [1.29, 1.82) is 0 Å². The van der Waals surface area contributed by atoms with Crippen LogP contribution in [-0.4, -0.2) is 41.6 Å². The largest absolute Gasteiger partial charge is 0.501 e. The van der Waals surface area contributed by atoms with E-state index in [1.54, 1.807) is 0 Å². The molecule has 0 saturated heterocycles. The van der Waals surface area contributed by atoms with Crippen LogP contribution in [0.2, 0.25) is 25.7 Å². The third-order valence-corrected chi connectivity index (χ3v) is 10.6. The molecule has 0 aromatic heterocycles. The maximum absolute atomic E-state index is 5.91. The zero-order valence-electron chi connectivity index (χ0n) is 13.7. The molecule has 0 heterocycles. The summed E-state index contributed by atoms with van der Waals surface area (Å²) in [7, 11) is -3.49. The number of hydrogen-bond donors (Lipinski definition) is 0. The van der Waals surface area contributed by atoms with E-state index < -0.39 is 16.0 Å². The zero-order valence-corrected chi connectivity index (χ0v) is 16.6. The van der Waals surface area contributed by atoms with Crippen LogP contribution in [0.25, 0.3) is 0 Å². The van der Waals surface area contributed by atoms with Gasteiger partial charge in [0.25, 0.3) is 0 Å². The molecule has 0 N–H and O–H groups in total. The minimum absolute atomic E-state index is 0.577. The first-order chi connectivity index (χ1) is 8.78. The predicted octanol–water partition coefficient (Wildman–Crippen LogP) is 4.24. The van der Waals surface area contributed by atoms with Gasteiger partial charge in [-0.15, -0.1) is 0 Å². The minimum atomic E-state index is -2.45. The van der Waals surface area contributed by atoms with Crippen LogP contribution in [0.15, 0.2) is 0 Å². The Bertz CT molecular complexity index is 217. The van der Waals surface area contributed by atoms with Gasteiger partial charge in [-0.1, -0.05) is 26.6 Å². The van der Waals surface area contributed by atoms with Gasteiger partial charge < -0.3 is 13.3 Å². The Morgan fingerprint density at radius 3 is 1.63 bits per heavy atom. The van der Waals surface area contributed by atoms with Crippen LogP contribution in [0.3, 0.4) is 0 Å². The highest BCUT2D eigenvalue weighted by atomic mass is 32.4. The Morgan fingerprint density at radius 2 is 1.32 bits per heavy atom. The van der Waals surface area contributed by atoms with Gasteiger partial charge in [0.1, 0.15) is 7.22 Å². The van der Waals surface area contributed by atoms with Gasteiger partial charge in [-0.05, 0) is 32.4 Å².